The maximum absolute atomic E-state index is 16.3. The van der Waals surface area contributed by atoms with Crippen LogP contribution in [-0.2, 0) is 11.3 Å². The van der Waals surface area contributed by atoms with Crippen LogP contribution in [0.3, 0.4) is 0 Å². The third kappa shape index (κ3) is 5.72. The van der Waals surface area contributed by atoms with Crippen LogP contribution < -0.4 is 20.3 Å². The number of fused-ring (bicyclic) bond motifs is 1. The lowest BCUT2D eigenvalue weighted by Gasteiger charge is -2.30. The Bertz CT molecular complexity index is 1670. The first kappa shape index (κ1) is 28.5. The fourth-order valence-electron chi connectivity index (χ4n) is 5.95. The molecule has 0 radical (unpaired) electrons. The van der Waals surface area contributed by atoms with Crippen LogP contribution in [0, 0.1) is 5.82 Å². The van der Waals surface area contributed by atoms with Crippen molar-refractivity contribution in [3.8, 4) is 16.9 Å². The molecule has 2 aromatic carbocycles. The molecule has 1 fully saturated rings. The van der Waals surface area contributed by atoms with E-state index < -0.39 is 5.82 Å². The van der Waals surface area contributed by atoms with Gasteiger partial charge in [0.2, 0.25) is 5.91 Å². The fraction of sp³-hybridized carbons (Fsp3) is 0.344. The summed E-state index contributed by atoms with van der Waals surface area (Å²) in [5.74, 6) is -0.141. The van der Waals surface area contributed by atoms with E-state index in [-0.39, 0.29) is 23.0 Å². The molecule has 2 aliphatic rings. The van der Waals surface area contributed by atoms with Gasteiger partial charge in [0.25, 0.3) is 5.91 Å². The number of carbonyl (C=O) groups is 2. The molecule has 0 bridgehead atoms. The molecule has 0 spiro atoms. The van der Waals surface area contributed by atoms with Crippen molar-refractivity contribution in [3.05, 3.63) is 71.9 Å². The summed E-state index contributed by atoms with van der Waals surface area (Å²) >= 11 is 0. The van der Waals surface area contributed by atoms with Gasteiger partial charge in [0, 0.05) is 99.9 Å². The lowest BCUT2D eigenvalue weighted by molar-refractivity contribution is -0.131. The van der Waals surface area contributed by atoms with Crippen molar-refractivity contribution in [3.63, 3.8) is 0 Å². The maximum atomic E-state index is 16.3. The molecule has 0 atom stereocenters. The molecule has 2 aliphatic heterocycles. The first-order valence-electron chi connectivity index (χ1n) is 14.6. The number of halogens is 1. The number of H-pyrrole nitrogens is 1. The molecular weight excluding hydrogens is 549 g/mol. The highest BCUT2D eigenvalue weighted by atomic mass is 19.1. The summed E-state index contributed by atoms with van der Waals surface area (Å²) < 4.78 is 23.9. The van der Waals surface area contributed by atoms with E-state index in [1.807, 2.05) is 36.5 Å². The standard InChI is InChI=1S/C32H36FN7O3/c1-34-32(42)27-19-26-25(23-7-6-22(17-28(23)43-2)38-15-10-35-11-16-38)18-24(30(33)31(26)37-27)21-5-3-12-39(20-21)29(41)8-14-40-13-4-9-36-40/h4-7,9,13,17-19,35,37H,3,8,10-12,14-16,20H2,1-2H3,(H,34,42). The van der Waals surface area contributed by atoms with Gasteiger partial charge < -0.3 is 30.2 Å². The van der Waals surface area contributed by atoms with Crippen molar-refractivity contribution in [2.45, 2.75) is 19.4 Å². The van der Waals surface area contributed by atoms with Crippen LogP contribution in [0.2, 0.25) is 0 Å². The Morgan fingerprint density at radius 1 is 1.09 bits per heavy atom. The Hall–Kier alpha value is -4.64. The SMILES string of the molecule is CNC(=O)c1cc2c(-c3ccc(N4CCNCC4)cc3OC)cc(C3=CCCN(C(=O)CCn4cccn4)C3)c(F)c2[nH]1. The largest absolute Gasteiger partial charge is 0.496 e. The molecule has 4 aromatic rings. The van der Waals surface area contributed by atoms with Crippen LogP contribution >= 0.6 is 0 Å². The number of benzene rings is 2. The van der Waals surface area contributed by atoms with E-state index in [9.17, 15) is 9.59 Å². The number of aromatic nitrogens is 3. The smallest absolute Gasteiger partial charge is 0.267 e. The summed E-state index contributed by atoms with van der Waals surface area (Å²) in [5.41, 5.74) is 4.21. The van der Waals surface area contributed by atoms with Crippen LogP contribution in [0.15, 0.2) is 54.9 Å². The molecular formula is C32H36FN7O3. The first-order chi connectivity index (χ1) is 21.0. The predicted octanol–water partition coefficient (Wildman–Crippen LogP) is 3.65. The number of carbonyl (C=O) groups excluding carboxylic acids is 2. The number of rotatable bonds is 8. The quantitative estimate of drug-likeness (QED) is 0.292. The fourth-order valence-corrected chi connectivity index (χ4v) is 5.95. The normalized spacial score (nSPS) is 15.5. The van der Waals surface area contributed by atoms with Gasteiger partial charge in [0.1, 0.15) is 11.4 Å². The molecule has 3 N–H and O–H groups in total. The number of nitrogens with one attached hydrogen (secondary N) is 3. The van der Waals surface area contributed by atoms with Crippen molar-refractivity contribution >= 4 is 34.0 Å². The van der Waals surface area contributed by atoms with E-state index in [4.69, 9.17) is 4.74 Å². The zero-order valence-corrected chi connectivity index (χ0v) is 24.5. The van der Waals surface area contributed by atoms with Crippen molar-refractivity contribution in [2.24, 2.45) is 0 Å². The number of piperazine rings is 1. The predicted molar refractivity (Wildman–Crippen MR) is 165 cm³/mol. The van der Waals surface area contributed by atoms with Crippen molar-refractivity contribution in [2.75, 3.05) is 58.3 Å². The van der Waals surface area contributed by atoms with Crippen LogP contribution in [0.25, 0.3) is 27.6 Å². The zero-order chi connectivity index (χ0) is 29.9. The van der Waals surface area contributed by atoms with Gasteiger partial charge in [-0.3, -0.25) is 14.3 Å². The number of anilines is 1. The van der Waals surface area contributed by atoms with Gasteiger partial charge in [-0.2, -0.15) is 5.10 Å². The van der Waals surface area contributed by atoms with Crippen LogP contribution in [0.4, 0.5) is 10.1 Å². The first-order valence-corrected chi connectivity index (χ1v) is 14.6. The number of methoxy groups -OCH3 is 1. The van der Waals surface area contributed by atoms with Gasteiger partial charge in [-0.05, 0) is 47.9 Å². The number of amides is 2. The van der Waals surface area contributed by atoms with Crippen LogP contribution in [0.1, 0.15) is 28.9 Å². The van der Waals surface area contributed by atoms with Crippen LogP contribution in [-0.4, -0.2) is 84.9 Å². The number of hydrogen-bond donors (Lipinski definition) is 3. The Labute approximate surface area is 249 Å². The number of aryl methyl sites for hydroxylation is 1. The minimum atomic E-state index is -0.456. The Morgan fingerprint density at radius 3 is 2.67 bits per heavy atom. The van der Waals surface area contributed by atoms with Gasteiger partial charge in [0.05, 0.1) is 12.6 Å². The van der Waals surface area contributed by atoms with E-state index in [2.05, 4.69) is 31.7 Å². The van der Waals surface area contributed by atoms with E-state index in [0.29, 0.717) is 49.2 Å². The van der Waals surface area contributed by atoms with Crippen molar-refractivity contribution < 1.29 is 18.7 Å². The third-order valence-electron chi connectivity index (χ3n) is 8.25. The second-order valence-corrected chi connectivity index (χ2v) is 10.8. The Morgan fingerprint density at radius 2 is 1.93 bits per heavy atom. The summed E-state index contributed by atoms with van der Waals surface area (Å²) in [7, 11) is 3.17. The summed E-state index contributed by atoms with van der Waals surface area (Å²) in [6, 6.07) is 11.4. The minimum absolute atomic E-state index is 0.00485. The van der Waals surface area contributed by atoms with Crippen molar-refractivity contribution in [1.29, 1.82) is 0 Å². The molecule has 0 aliphatic carbocycles. The van der Waals surface area contributed by atoms with E-state index in [0.717, 1.165) is 48.6 Å². The molecule has 2 aromatic heterocycles. The second kappa shape index (κ2) is 12.3. The summed E-state index contributed by atoms with van der Waals surface area (Å²) in [4.78, 5) is 32.8. The molecule has 4 heterocycles. The van der Waals surface area contributed by atoms with Gasteiger partial charge in [-0.25, -0.2) is 4.39 Å². The topological polar surface area (TPSA) is 108 Å². The second-order valence-electron chi connectivity index (χ2n) is 10.8. The molecule has 0 unspecified atom stereocenters. The van der Waals surface area contributed by atoms with E-state index in [1.54, 1.807) is 36.0 Å². The monoisotopic (exact) mass is 585 g/mol. The van der Waals surface area contributed by atoms with Gasteiger partial charge in [-0.15, -0.1) is 0 Å². The van der Waals surface area contributed by atoms with Gasteiger partial charge >= 0.3 is 0 Å². The lowest BCUT2D eigenvalue weighted by atomic mass is 9.92. The molecule has 43 heavy (non-hydrogen) atoms. The van der Waals surface area contributed by atoms with Crippen molar-refractivity contribution in [1.82, 2.24) is 30.3 Å². The molecule has 6 rings (SSSR count). The summed E-state index contributed by atoms with van der Waals surface area (Å²) in [6.45, 7) is 4.97. The molecule has 0 saturated carbocycles. The number of aromatic amines is 1. The Balaban J connectivity index is 1.39. The highest BCUT2D eigenvalue weighted by molar-refractivity contribution is 6.05. The molecule has 2 amide bonds. The minimum Gasteiger partial charge on any atom is -0.496 e. The summed E-state index contributed by atoms with van der Waals surface area (Å²) in [6.07, 6.45) is 6.44. The highest BCUT2D eigenvalue weighted by Gasteiger charge is 2.26. The van der Waals surface area contributed by atoms with E-state index in [1.165, 1.54) is 0 Å². The lowest BCUT2D eigenvalue weighted by Crippen LogP contribution is -2.43. The van der Waals surface area contributed by atoms with Gasteiger partial charge in [-0.1, -0.05) is 6.08 Å². The highest BCUT2D eigenvalue weighted by Crippen LogP contribution is 2.41. The molecule has 10 nitrogen and oxygen atoms in total. The maximum Gasteiger partial charge on any atom is 0.267 e. The average molecular weight is 586 g/mol. The Kier molecular flexibility index (Phi) is 8.15. The molecule has 224 valence electrons. The number of ether oxygens (including phenoxy) is 1. The van der Waals surface area contributed by atoms with E-state index >= 15 is 4.39 Å². The van der Waals surface area contributed by atoms with Crippen LogP contribution in [0.5, 0.6) is 5.75 Å². The molecule has 11 heteroatoms. The number of hydrogen-bond acceptors (Lipinski definition) is 6. The summed E-state index contributed by atoms with van der Waals surface area (Å²) in [5, 5.41) is 10.7. The zero-order valence-electron chi connectivity index (χ0n) is 24.5. The molecule has 1 saturated heterocycles. The number of nitrogens with zero attached hydrogens (tertiary/aromatic N) is 4. The average Bonchev–Trinajstić information content (AvgIpc) is 3.75. The third-order valence-corrected chi connectivity index (χ3v) is 8.25. The van der Waals surface area contributed by atoms with Gasteiger partial charge in [0.15, 0.2) is 5.82 Å².